The van der Waals surface area contributed by atoms with Gasteiger partial charge >= 0.3 is 11.9 Å². The molecule has 0 aliphatic rings. The Morgan fingerprint density at radius 2 is 1.00 bits per heavy atom. The summed E-state index contributed by atoms with van der Waals surface area (Å²) in [5.41, 5.74) is 0.788. The van der Waals surface area contributed by atoms with Gasteiger partial charge in [-0.15, -0.1) is 0 Å². The Hall–Kier alpha value is -1.92. The van der Waals surface area contributed by atoms with Crippen LogP contribution in [0.2, 0.25) is 0 Å². The first-order valence-electron chi connectivity index (χ1n) is 12.3. The summed E-state index contributed by atoms with van der Waals surface area (Å²) >= 11 is 0. The van der Waals surface area contributed by atoms with Crippen molar-refractivity contribution in [2.45, 2.75) is 103 Å². The van der Waals surface area contributed by atoms with Crippen molar-refractivity contribution >= 4 is 11.9 Å². The number of carbonyl (C=O) groups excluding carboxylic acids is 2. The first-order valence-corrected chi connectivity index (χ1v) is 12.3. The molecule has 1 rings (SSSR count). The predicted molar refractivity (Wildman–Crippen MR) is 126 cm³/mol. The zero-order valence-corrected chi connectivity index (χ0v) is 19.9. The molecule has 0 bridgehead atoms. The van der Waals surface area contributed by atoms with Crippen LogP contribution in [0.4, 0.5) is 0 Å². The van der Waals surface area contributed by atoms with Gasteiger partial charge in [-0.3, -0.25) is 0 Å². The number of benzene rings is 1. The number of hydrogen-bond acceptors (Lipinski definition) is 6. The lowest BCUT2D eigenvalue weighted by Gasteiger charge is -2.10. The van der Waals surface area contributed by atoms with E-state index < -0.39 is 11.9 Å². The van der Waals surface area contributed by atoms with E-state index in [1.807, 2.05) is 0 Å². The Morgan fingerprint density at radius 3 is 1.34 bits per heavy atom. The van der Waals surface area contributed by atoms with Crippen LogP contribution in [-0.4, -0.2) is 47.6 Å². The van der Waals surface area contributed by atoms with Crippen molar-refractivity contribution in [2.75, 3.05) is 13.2 Å². The Labute approximate surface area is 193 Å². The van der Waals surface area contributed by atoms with Crippen molar-refractivity contribution in [2.24, 2.45) is 0 Å². The van der Waals surface area contributed by atoms with Crippen LogP contribution in [0.1, 0.15) is 112 Å². The maximum atomic E-state index is 12.1. The van der Waals surface area contributed by atoms with Crippen LogP contribution in [0.5, 0.6) is 0 Å². The van der Waals surface area contributed by atoms with Crippen LogP contribution in [0.3, 0.4) is 0 Å². The molecule has 1 aromatic rings. The number of rotatable bonds is 18. The number of carbonyl (C=O) groups is 2. The molecule has 1 aromatic carbocycles. The highest BCUT2D eigenvalue weighted by Gasteiger charge is 2.11. The first-order chi connectivity index (χ1) is 15.5. The molecule has 0 aromatic heterocycles. The molecule has 182 valence electrons. The quantitative estimate of drug-likeness (QED) is 0.228. The van der Waals surface area contributed by atoms with Gasteiger partial charge in [0.25, 0.3) is 0 Å². The zero-order chi connectivity index (χ0) is 23.6. The zero-order valence-electron chi connectivity index (χ0n) is 19.9. The van der Waals surface area contributed by atoms with Crippen LogP contribution in [0.15, 0.2) is 24.3 Å². The summed E-state index contributed by atoms with van der Waals surface area (Å²) < 4.78 is 10.5. The number of aliphatic hydroxyl groups excluding tert-OH is 2. The van der Waals surface area contributed by atoms with E-state index in [0.717, 1.165) is 77.0 Å². The number of unbranched alkanes of at least 4 members (excludes halogenated alkanes) is 4. The predicted octanol–water partition coefficient (Wildman–Crippen LogP) is 5.44. The molecule has 0 spiro atoms. The molecule has 0 saturated carbocycles. The molecule has 0 fully saturated rings. The molecule has 2 N–H and O–H groups in total. The standard InChI is InChI=1S/C26H42O6/c1-3-5-11-23(27)13-7-9-19-31-25(29)21-15-17-22(18-16-21)26(30)32-20-10-8-14-24(28)12-6-4-2/h15-18,23-24,27-28H,3-14,19-20H2,1-2H3. The number of esters is 2. The van der Waals surface area contributed by atoms with Crippen molar-refractivity contribution < 1.29 is 29.3 Å². The highest BCUT2D eigenvalue weighted by atomic mass is 16.5. The average molecular weight is 451 g/mol. The molecule has 0 aliphatic heterocycles. The maximum Gasteiger partial charge on any atom is 0.338 e. The topological polar surface area (TPSA) is 93.1 Å². The third-order valence-electron chi connectivity index (χ3n) is 5.47. The fraction of sp³-hybridized carbons (Fsp3) is 0.692. The highest BCUT2D eigenvalue weighted by molar-refractivity contribution is 5.93. The van der Waals surface area contributed by atoms with Crippen LogP contribution < -0.4 is 0 Å². The van der Waals surface area contributed by atoms with Gasteiger partial charge in [0.15, 0.2) is 0 Å². The van der Waals surface area contributed by atoms with E-state index in [1.54, 1.807) is 24.3 Å². The molecular weight excluding hydrogens is 408 g/mol. The second-order valence-electron chi connectivity index (χ2n) is 8.43. The van der Waals surface area contributed by atoms with E-state index in [0.29, 0.717) is 24.3 Å². The molecule has 0 radical (unpaired) electrons. The summed E-state index contributed by atoms with van der Waals surface area (Å²) in [5.74, 6) is -0.837. The van der Waals surface area contributed by atoms with E-state index in [-0.39, 0.29) is 12.2 Å². The van der Waals surface area contributed by atoms with Gasteiger partial charge in [-0.05, 0) is 75.6 Å². The highest BCUT2D eigenvalue weighted by Crippen LogP contribution is 2.12. The van der Waals surface area contributed by atoms with E-state index in [1.165, 1.54) is 0 Å². The largest absolute Gasteiger partial charge is 0.462 e. The fourth-order valence-electron chi connectivity index (χ4n) is 3.37. The Kier molecular flexibility index (Phi) is 15.5. The van der Waals surface area contributed by atoms with Crippen LogP contribution in [0.25, 0.3) is 0 Å². The summed E-state index contributed by atoms with van der Waals surface area (Å²) in [4.78, 5) is 24.2. The summed E-state index contributed by atoms with van der Waals surface area (Å²) in [6.07, 6.45) is 9.87. The normalized spacial score (nSPS) is 12.9. The summed E-state index contributed by atoms with van der Waals surface area (Å²) in [5, 5.41) is 19.6. The van der Waals surface area contributed by atoms with Gasteiger partial charge < -0.3 is 19.7 Å². The first kappa shape index (κ1) is 28.1. The monoisotopic (exact) mass is 450 g/mol. The van der Waals surface area contributed by atoms with Crippen molar-refractivity contribution in [1.82, 2.24) is 0 Å². The summed E-state index contributed by atoms with van der Waals surface area (Å²) in [7, 11) is 0. The third-order valence-corrected chi connectivity index (χ3v) is 5.47. The van der Waals surface area contributed by atoms with Gasteiger partial charge in [-0.1, -0.05) is 39.5 Å². The molecule has 32 heavy (non-hydrogen) atoms. The molecule has 2 atom stereocenters. The SMILES string of the molecule is CCCCC(O)CCCCOC(=O)c1ccc(C(=O)OCCCCC(O)CCCC)cc1. The van der Waals surface area contributed by atoms with Crippen molar-refractivity contribution in [3.63, 3.8) is 0 Å². The number of aliphatic hydroxyl groups is 2. The molecule has 6 heteroatoms. The maximum absolute atomic E-state index is 12.1. The number of hydrogen-bond donors (Lipinski definition) is 2. The minimum Gasteiger partial charge on any atom is -0.462 e. The third kappa shape index (κ3) is 12.8. The van der Waals surface area contributed by atoms with Gasteiger partial charge in [0.2, 0.25) is 0 Å². The summed E-state index contributed by atoms with van der Waals surface area (Å²) in [6, 6.07) is 6.27. The van der Waals surface area contributed by atoms with Gasteiger partial charge in [0, 0.05) is 0 Å². The van der Waals surface area contributed by atoms with E-state index in [9.17, 15) is 19.8 Å². The number of ether oxygens (including phenoxy) is 2. The van der Waals surface area contributed by atoms with Crippen LogP contribution >= 0.6 is 0 Å². The smallest absolute Gasteiger partial charge is 0.338 e. The molecule has 0 saturated heterocycles. The Balaban J connectivity index is 2.21. The Bertz CT molecular complexity index is 573. The van der Waals surface area contributed by atoms with Gasteiger partial charge in [0.05, 0.1) is 36.5 Å². The van der Waals surface area contributed by atoms with Crippen molar-refractivity contribution in [3.8, 4) is 0 Å². The molecular formula is C26H42O6. The second-order valence-corrected chi connectivity index (χ2v) is 8.43. The van der Waals surface area contributed by atoms with Crippen LogP contribution in [-0.2, 0) is 9.47 Å². The van der Waals surface area contributed by atoms with Crippen LogP contribution in [0, 0.1) is 0 Å². The molecule has 0 aliphatic carbocycles. The summed E-state index contributed by atoms with van der Waals surface area (Å²) in [6.45, 7) is 4.84. The lowest BCUT2D eigenvalue weighted by molar-refractivity contribution is 0.0477. The lowest BCUT2D eigenvalue weighted by atomic mass is 10.1. The van der Waals surface area contributed by atoms with Crippen molar-refractivity contribution in [3.05, 3.63) is 35.4 Å². The van der Waals surface area contributed by atoms with E-state index in [2.05, 4.69) is 13.8 Å². The molecule has 2 unspecified atom stereocenters. The molecule has 6 nitrogen and oxygen atoms in total. The van der Waals surface area contributed by atoms with Gasteiger partial charge in [-0.2, -0.15) is 0 Å². The minimum absolute atomic E-state index is 0.268. The lowest BCUT2D eigenvalue weighted by Crippen LogP contribution is -2.10. The average Bonchev–Trinajstić information content (AvgIpc) is 2.80. The second kappa shape index (κ2) is 17.6. The van der Waals surface area contributed by atoms with Gasteiger partial charge in [-0.25, -0.2) is 9.59 Å². The molecule has 0 heterocycles. The van der Waals surface area contributed by atoms with E-state index >= 15 is 0 Å². The fourth-order valence-corrected chi connectivity index (χ4v) is 3.37. The van der Waals surface area contributed by atoms with Gasteiger partial charge in [0.1, 0.15) is 0 Å². The minimum atomic E-state index is -0.418. The Morgan fingerprint density at radius 1 is 0.656 bits per heavy atom. The van der Waals surface area contributed by atoms with E-state index in [4.69, 9.17) is 9.47 Å². The van der Waals surface area contributed by atoms with Crippen molar-refractivity contribution in [1.29, 1.82) is 0 Å². The molecule has 0 amide bonds.